The van der Waals surface area contributed by atoms with E-state index in [1.807, 2.05) is 67.6 Å². The first-order valence-electron chi connectivity index (χ1n) is 10.1. The second-order valence-electron chi connectivity index (χ2n) is 7.44. The summed E-state index contributed by atoms with van der Waals surface area (Å²) in [6.07, 6.45) is 0. The van der Waals surface area contributed by atoms with E-state index in [0.717, 1.165) is 22.3 Å². The van der Waals surface area contributed by atoms with Gasteiger partial charge in [-0.05, 0) is 48.4 Å². The lowest BCUT2D eigenvalue weighted by Crippen LogP contribution is -2.24. The van der Waals surface area contributed by atoms with E-state index in [-0.39, 0.29) is 5.56 Å². The Kier molecular flexibility index (Phi) is 5.73. The van der Waals surface area contributed by atoms with E-state index in [0.29, 0.717) is 41.3 Å². The van der Waals surface area contributed by atoms with E-state index >= 15 is 0 Å². The molecule has 4 rings (SSSR count). The maximum Gasteiger partial charge on any atom is 0.261 e. The molecule has 0 saturated heterocycles. The molecule has 0 aliphatic heterocycles. The van der Waals surface area contributed by atoms with Crippen LogP contribution in [-0.2, 0) is 13.1 Å². The Hall–Kier alpha value is -3.64. The third-order valence-electron chi connectivity index (χ3n) is 5.32. The minimum Gasteiger partial charge on any atom is -0.493 e. The fourth-order valence-corrected chi connectivity index (χ4v) is 3.71. The van der Waals surface area contributed by atoms with Crippen LogP contribution in [0.3, 0.4) is 0 Å². The van der Waals surface area contributed by atoms with Gasteiger partial charge >= 0.3 is 0 Å². The summed E-state index contributed by atoms with van der Waals surface area (Å²) in [6.45, 7) is 2.80. The smallest absolute Gasteiger partial charge is 0.261 e. The molecule has 0 atom stereocenters. The maximum absolute atomic E-state index is 13.6. The van der Waals surface area contributed by atoms with Crippen LogP contribution in [0.25, 0.3) is 22.3 Å². The summed E-state index contributed by atoms with van der Waals surface area (Å²) in [5.74, 6) is 1.77. The van der Waals surface area contributed by atoms with E-state index in [4.69, 9.17) is 20.2 Å². The molecule has 2 N–H and O–H groups in total. The minimum absolute atomic E-state index is 0.0864. The Bertz CT molecular complexity index is 1310. The average Bonchev–Trinajstić information content (AvgIpc) is 2.80. The van der Waals surface area contributed by atoms with Crippen molar-refractivity contribution in [2.45, 2.75) is 20.0 Å². The highest BCUT2D eigenvalue weighted by Gasteiger charge is 2.16. The molecule has 4 aromatic rings. The zero-order valence-electron chi connectivity index (χ0n) is 17.9. The number of ether oxygens (including phenoxy) is 2. The van der Waals surface area contributed by atoms with Gasteiger partial charge in [0.1, 0.15) is 5.82 Å². The lowest BCUT2D eigenvalue weighted by Gasteiger charge is -2.16. The second kappa shape index (κ2) is 8.62. The van der Waals surface area contributed by atoms with Gasteiger partial charge in [-0.1, -0.05) is 35.9 Å². The topological polar surface area (TPSA) is 79.4 Å². The summed E-state index contributed by atoms with van der Waals surface area (Å²) in [7, 11) is 3.18. The molecular formula is C25H25N3O3. The Balaban J connectivity index is 1.96. The number of nitrogens with two attached hydrogens (primary N) is 1. The van der Waals surface area contributed by atoms with Crippen LogP contribution in [-0.4, -0.2) is 23.8 Å². The van der Waals surface area contributed by atoms with E-state index in [9.17, 15) is 4.79 Å². The molecule has 31 heavy (non-hydrogen) atoms. The quantitative estimate of drug-likeness (QED) is 0.517. The van der Waals surface area contributed by atoms with Gasteiger partial charge in [0.15, 0.2) is 11.5 Å². The molecule has 0 aliphatic rings. The molecule has 1 heterocycles. The molecule has 0 fully saturated rings. The molecule has 158 valence electrons. The van der Waals surface area contributed by atoms with Crippen molar-refractivity contribution in [1.82, 2.24) is 9.55 Å². The van der Waals surface area contributed by atoms with Crippen LogP contribution in [0.2, 0.25) is 0 Å². The van der Waals surface area contributed by atoms with Crippen molar-refractivity contribution in [3.63, 3.8) is 0 Å². The van der Waals surface area contributed by atoms with E-state index in [2.05, 4.69) is 0 Å². The van der Waals surface area contributed by atoms with E-state index < -0.39 is 0 Å². The van der Waals surface area contributed by atoms with Gasteiger partial charge in [0.05, 0.1) is 31.7 Å². The van der Waals surface area contributed by atoms with Crippen molar-refractivity contribution in [2.24, 2.45) is 5.73 Å². The number of rotatable bonds is 6. The SMILES string of the molecule is COc1ccc(-c2nc3ccc(C)cc3c(=O)n2Cc2cccc(CN)c2)cc1OC. The molecule has 0 amide bonds. The van der Waals surface area contributed by atoms with Crippen LogP contribution >= 0.6 is 0 Å². The number of hydrogen-bond acceptors (Lipinski definition) is 5. The van der Waals surface area contributed by atoms with Crippen molar-refractivity contribution < 1.29 is 9.47 Å². The molecule has 0 radical (unpaired) electrons. The number of aryl methyl sites for hydroxylation is 1. The van der Waals surface area contributed by atoms with Crippen molar-refractivity contribution in [2.75, 3.05) is 14.2 Å². The number of nitrogens with zero attached hydrogens (tertiary/aromatic N) is 2. The molecule has 0 bridgehead atoms. The van der Waals surface area contributed by atoms with E-state index in [1.54, 1.807) is 18.8 Å². The van der Waals surface area contributed by atoms with Crippen molar-refractivity contribution in [3.05, 3.63) is 87.7 Å². The number of hydrogen-bond donors (Lipinski definition) is 1. The predicted molar refractivity (Wildman–Crippen MR) is 123 cm³/mol. The highest BCUT2D eigenvalue weighted by molar-refractivity contribution is 5.80. The fourth-order valence-electron chi connectivity index (χ4n) is 3.71. The first-order chi connectivity index (χ1) is 15.0. The van der Waals surface area contributed by atoms with Gasteiger partial charge in [0, 0.05) is 12.1 Å². The molecule has 0 spiro atoms. The molecule has 3 aromatic carbocycles. The van der Waals surface area contributed by atoms with Crippen LogP contribution in [0.1, 0.15) is 16.7 Å². The summed E-state index contributed by atoms with van der Waals surface area (Å²) in [6, 6.07) is 19.2. The first kappa shape index (κ1) is 20.6. The predicted octanol–water partition coefficient (Wildman–Crippen LogP) is 3.90. The summed E-state index contributed by atoms with van der Waals surface area (Å²) < 4.78 is 12.5. The van der Waals surface area contributed by atoms with Gasteiger partial charge in [0.25, 0.3) is 5.56 Å². The lowest BCUT2D eigenvalue weighted by molar-refractivity contribution is 0.355. The number of benzene rings is 3. The first-order valence-corrected chi connectivity index (χ1v) is 10.1. The summed E-state index contributed by atoms with van der Waals surface area (Å²) >= 11 is 0. The molecule has 0 unspecified atom stereocenters. The van der Waals surface area contributed by atoms with Crippen LogP contribution < -0.4 is 20.8 Å². The molecule has 6 nitrogen and oxygen atoms in total. The average molecular weight is 415 g/mol. The lowest BCUT2D eigenvalue weighted by atomic mass is 10.1. The second-order valence-corrected chi connectivity index (χ2v) is 7.44. The zero-order chi connectivity index (χ0) is 22.0. The summed E-state index contributed by atoms with van der Waals surface area (Å²) in [5, 5.41) is 0.596. The zero-order valence-corrected chi connectivity index (χ0v) is 17.9. The summed E-state index contributed by atoms with van der Waals surface area (Å²) in [5.41, 5.74) is 10.2. The van der Waals surface area contributed by atoms with Gasteiger partial charge in [-0.15, -0.1) is 0 Å². The van der Waals surface area contributed by atoms with Crippen LogP contribution in [0.15, 0.2) is 65.5 Å². The highest BCUT2D eigenvalue weighted by Crippen LogP contribution is 2.32. The highest BCUT2D eigenvalue weighted by atomic mass is 16.5. The number of fused-ring (bicyclic) bond motifs is 1. The van der Waals surface area contributed by atoms with Crippen LogP contribution in [0.4, 0.5) is 0 Å². The van der Waals surface area contributed by atoms with Gasteiger partial charge in [-0.2, -0.15) is 0 Å². The van der Waals surface area contributed by atoms with Gasteiger partial charge in [-0.3, -0.25) is 9.36 Å². The fraction of sp³-hybridized carbons (Fsp3) is 0.200. The molecular weight excluding hydrogens is 390 g/mol. The van der Waals surface area contributed by atoms with Gasteiger partial charge in [-0.25, -0.2) is 4.98 Å². The van der Waals surface area contributed by atoms with E-state index in [1.165, 1.54) is 0 Å². The maximum atomic E-state index is 13.6. The third kappa shape index (κ3) is 4.02. The standard InChI is InChI=1S/C25H25N3O3/c1-16-7-9-21-20(11-16)25(29)28(15-18-6-4-5-17(12-18)14-26)24(27-21)19-8-10-22(30-2)23(13-19)31-3/h4-13H,14-15,26H2,1-3H3. The Morgan fingerprint density at radius 2 is 1.71 bits per heavy atom. The number of aromatic nitrogens is 2. The van der Waals surface area contributed by atoms with Gasteiger partial charge < -0.3 is 15.2 Å². The Labute approximate surface area is 180 Å². The van der Waals surface area contributed by atoms with Crippen LogP contribution in [0.5, 0.6) is 11.5 Å². The van der Waals surface area contributed by atoms with Crippen molar-refractivity contribution >= 4 is 10.9 Å². The molecule has 0 aliphatic carbocycles. The molecule has 1 aromatic heterocycles. The molecule has 6 heteroatoms. The monoisotopic (exact) mass is 415 g/mol. The minimum atomic E-state index is -0.0864. The Morgan fingerprint density at radius 1 is 0.935 bits per heavy atom. The summed E-state index contributed by atoms with van der Waals surface area (Å²) in [4.78, 5) is 18.4. The normalized spacial score (nSPS) is 11.0. The largest absolute Gasteiger partial charge is 0.493 e. The molecule has 0 saturated carbocycles. The van der Waals surface area contributed by atoms with Crippen molar-refractivity contribution in [1.29, 1.82) is 0 Å². The third-order valence-corrected chi connectivity index (χ3v) is 5.32. The Morgan fingerprint density at radius 3 is 2.45 bits per heavy atom. The number of methoxy groups -OCH3 is 2. The van der Waals surface area contributed by atoms with Crippen molar-refractivity contribution in [3.8, 4) is 22.9 Å². The van der Waals surface area contributed by atoms with Crippen LogP contribution in [0, 0.1) is 6.92 Å². The van der Waals surface area contributed by atoms with Gasteiger partial charge in [0.2, 0.25) is 0 Å².